The van der Waals surface area contributed by atoms with Gasteiger partial charge < -0.3 is 4.98 Å². The van der Waals surface area contributed by atoms with Crippen molar-refractivity contribution < 1.29 is 0 Å². The first-order valence-corrected chi connectivity index (χ1v) is 14.0. The highest BCUT2D eigenvalue weighted by Crippen LogP contribution is 2.52. The van der Waals surface area contributed by atoms with Crippen molar-refractivity contribution in [2.24, 2.45) is 0 Å². The van der Waals surface area contributed by atoms with Gasteiger partial charge in [-0.05, 0) is 68.3 Å². The molecule has 6 aromatic carbocycles. The third-order valence-electron chi connectivity index (χ3n) is 8.83. The Kier molecular flexibility index (Phi) is 4.93. The average molecular weight is 512 g/mol. The standard InChI is InChI=1S/C39H29N/c1-39(2)34-20-5-3-16-33(34)37-29(17-10-21-35(37)39)27-13-7-11-25(23-27)26-12-8-14-28(24-26)30-18-9-19-32-31-15-4-6-22-36(31)40-38(30)32/h3-24,40H,1-2H3. The van der Waals surface area contributed by atoms with Gasteiger partial charge >= 0.3 is 0 Å². The van der Waals surface area contributed by atoms with Crippen molar-refractivity contribution in [3.63, 3.8) is 0 Å². The molecule has 1 aromatic heterocycles. The number of benzene rings is 6. The number of H-pyrrole nitrogens is 1. The van der Waals surface area contributed by atoms with Crippen molar-refractivity contribution in [1.29, 1.82) is 0 Å². The van der Waals surface area contributed by atoms with E-state index in [4.69, 9.17) is 0 Å². The second-order valence-electron chi connectivity index (χ2n) is 11.5. The van der Waals surface area contributed by atoms with Crippen LogP contribution in [-0.2, 0) is 5.41 Å². The van der Waals surface area contributed by atoms with E-state index < -0.39 is 0 Å². The van der Waals surface area contributed by atoms with Crippen LogP contribution in [0.15, 0.2) is 133 Å². The van der Waals surface area contributed by atoms with Crippen LogP contribution in [0.1, 0.15) is 25.0 Å². The van der Waals surface area contributed by atoms with Crippen molar-refractivity contribution in [1.82, 2.24) is 4.98 Å². The number of fused-ring (bicyclic) bond motifs is 6. The fraction of sp³-hybridized carbons (Fsp3) is 0.0769. The molecule has 1 aliphatic rings. The van der Waals surface area contributed by atoms with Crippen LogP contribution in [0.25, 0.3) is 66.3 Å². The maximum atomic E-state index is 3.67. The number of aromatic nitrogens is 1. The van der Waals surface area contributed by atoms with Gasteiger partial charge in [-0.25, -0.2) is 0 Å². The second-order valence-corrected chi connectivity index (χ2v) is 11.5. The molecule has 0 saturated heterocycles. The quantitative estimate of drug-likeness (QED) is 0.243. The molecule has 0 aliphatic heterocycles. The van der Waals surface area contributed by atoms with Crippen molar-refractivity contribution in [2.45, 2.75) is 19.3 Å². The molecule has 40 heavy (non-hydrogen) atoms. The van der Waals surface area contributed by atoms with Crippen molar-refractivity contribution >= 4 is 21.8 Å². The zero-order valence-corrected chi connectivity index (χ0v) is 22.7. The zero-order valence-electron chi connectivity index (χ0n) is 22.7. The van der Waals surface area contributed by atoms with Gasteiger partial charge in [0.1, 0.15) is 0 Å². The Hall–Kier alpha value is -4.88. The molecular formula is C39H29N. The Labute approximate surface area is 234 Å². The molecule has 0 atom stereocenters. The van der Waals surface area contributed by atoms with Crippen LogP contribution in [0, 0.1) is 0 Å². The number of hydrogen-bond donors (Lipinski definition) is 1. The maximum absolute atomic E-state index is 3.67. The van der Waals surface area contributed by atoms with Crippen LogP contribution in [0.5, 0.6) is 0 Å². The summed E-state index contributed by atoms with van der Waals surface area (Å²) in [7, 11) is 0. The molecule has 8 rings (SSSR count). The molecule has 0 unspecified atom stereocenters. The topological polar surface area (TPSA) is 15.8 Å². The summed E-state index contributed by atoms with van der Waals surface area (Å²) in [4.78, 5) is 3.67. The predicted octanol–water partition coefficient (Wildman–Crippen LogP) is 10.6. The maximum Gasteiger partial charge on any atom is 0.0544 e. The summed E-state index contributed by atoms with van der Waals surface area (Å²) in [6.45, 7) is 4.69. The molecule has 1 nitrogen and oxygen atoms in total. The molecule has 190 valence electrons. The van der Waals surface area contributed by atoms with Gasteiger partial charge in [-0.2, -0.15) is 0 Å². The van der Waals surface area contributed by atoms with Crippen LogP contribution in [-0.4, -0.2) is 4.98 Å². The molecule has 1 heteroatoms. The summed E-state index contributed by atoms with van der Waals surface area (Å²) in [5.74, 6) is 0. The predicted molar refractivity (Wildman–Crippen MR) is 170 cm³/mol. The number of nitrogens with one attached hydrogen (secondary N) is 1. The molecule has 7 aromatic rings. The number of hydrogen-bond acceptors (Lipinski definition) is 0. The van der Waals surface area contributed by atoms with Gasteiger partial charge in [-0.3, -0.25) is 0 Å². The summed E-state index contributed by atoms with van der Waals surface area (Å²) in [6, 6.07) is 48.8. The smallest absolute Gasteiger partial charge is 0.0544 e. The van der Waals surface area contributed by atoms with E-state index in [1.165, 1.54) is 77.4 Å². The first-order valence-electron chi connectivity index (χ1n) is 14.0. The van der Waals surface area contributed by atoms with E-state index in [0.29, 0.717) is 0 Å². The normalized spacial score (nSPS) is 13.4. The molecule has 0 fully saturated rings. The molecule has 0 spiro atoms. The Morgan fingerprint density at radius 2 is 1.00 bits per heavy atom. The highest BCUT2D eigenvalue weighted by atomic mass is 14.7. The highest BCUT2D eigenvalue weighted by Gasteiger charge is 2.36. The minimum Gasteiger partial charge on any atom is -0.354 e. The van der Waals surface area contributed by atoms with E-state index in [9.17, 15) is 0 Å². The van der Waals surface area contributed by atoms with Gasteiger partial charge in [0.2, 0.25) is 0 Å². The van der Waals surface area contributed by atoms with E-state index >= 15 is 0 Å². The van der Waals surface area contributed by atoms with E-state index in [2.05, 4.69) is 152 Å². The summed E-state index contributed by atoms with van der Waals surface area (Å²) in [6.07, 6.45) is 0. The minimum absolute atomic E-state index is 0.00246. The van der Waals surface area contributed by atoms with E-state index in [1.54, 1.807) is 0 Å². The molecular weight excluding hydrogens is 482 g/mol. The van der Waals surface area contributed by atoms with Gasteiger partial charge in [0.15, 0.2) is 0 Å². The summed E-state index contributed by atoms with van der Waals surface area (Å²) in [5, 5.41) is 2.53. The van der Waals surface area contributed by atoms with Crippen molar-refractivity contribution in [3.8, 4) is 44.5 Å². The van der Waals surface area contributed by atoms with Crippen LogP contribution in [0.2, 0.25) is 0 Å². The highest BCUT2D eigenvalue weighted by molar-refractivity contribution is 6.11. The zero-order chi connectivity index (χ0) is 26.8. The number of aromatic amines is 1. The third kappa shape index (κ3) is 3.34. The Balaban J connectivity index is 1.25. The van der Waals surface area contributed by atoms with Crippen LogP contribution in [0.3, 0.4) is 0 Å². The Bertz CT molecular complexity index is 2090. The van der Waals surface area contributed by atoms with E-state index in [0.717, 1.165) is 0 Å². The summed E-state index contributed by atoms with van der Waals surface area (Å²) in [5.41, 5.74) is 15.4. The lowest BCUT2D eigenvalue weighted by Crippen LogP contribution is -2.14. The fourth-order valence-corrected chi connectivity index (χ4v) is 6.84. The third-order valence-corrected chi connectivity index (χ3v) is 8.83. The largest absolute Gasteiger partial charge is 0.354 e. The van der Waals surface area contributed by atoms with Crippen LogP contribution < -0.4 is 0 Å². The van der Waals surface area contributed by atoms with E-state index in [1.807, 2.05) is 0 Å². The lowest BCUT2D eigenvalue weighted by Gasteiger charge is -2.21. The Morgan fingerprint density at radius 3 is 1.82 bits per heavy atom. The monoisotopic (exact) mass is 511 g/mol. The van der Waals surface area contributed by atoms with Gasteiger partial charge in [-0.1, -0.05) is 129 Å². The van der Waals surface area contributed by atoms with E-state index in [-0.39, 0.29) is 5.41 Å². The Morgan fingerprint density at radius 1 is 0.450 bits per heavy atom. The van der Waals surface area contributed by atoms with Crippen molar-refractivity contribution in [3.05, 3.63) is 145 Å². The molecule has 0 bridgehead atoms. The molecule has 1 N–H and O–H groups in total. The molecule has 0 radical (unpaired) electrons. The SMILES string of the molecule is CC1(C)c2ccccc2-c2c(-c3cccc(-c4cccc(-c5cccc6c5[nH]c5ccccc56)c4)c3)cccc21. The number of rotatable bonds is 3. The molecule has 1 heterocycles. The van der Waals surface area contributed by atoms with Gasteiger partial charge in [0.25, 0.3) is 0 Å². The van der Waals surface area contributed by atoms with Gasteiger partial charge in [0, 0.05) is 27.3 Å². The van der Waals surface area contributed by atoms with Crippen molar-refractivity contribution in [2.75, 3.05) is 0 Å². The molecule has 0 saturated carbocycles. The molecule has 1 aliphatic carbocycles. The van der Waals surface area contributed by atoms with Crippen LogP contribution in [0.4, 0.5) is 0 Å². The molecule has 0 amide bonds. The summed E-state index contributed by atoms with van der Waals surface area (Å²) < 4.78 is 0. The van der Waals surface area contributed by atoms with Crippen LogP contribution >= 0.6 is 0 Å². The van der Waals surface area contributed by atoms with Gasteiger partial charge in [-0.15, -0.1) is 0 Å². The van der Waals surface area contributed by atoms with Gasteiger partial charge in [0.05, 0.1) is 5.52 Å². The first kappa shape index (κ1) is 23.0. The average Bonchev–Trinajstić information content (AvgIpc) is 3.50. The summed E-state index contributed by atoms with van der Waals surface area (Å²) >= 11 is 0. The first-order chi connectivity index (χ1) is 19.6. The lowest BCUT2D eigenvalue weighted by molar-refractivity contribution is 0.660. The lowest BCUT2D eigenvalue weighted by atomic mass is 9.82. The number of para-hydroxylation sites is 2. The second kappa shape index (κ2) is 8.56. The fourth-order valence-electron chi connectivity index (χ4n) is 6.84. The minimum atomic E-state index is -0.00246.